The molecule has 0 radical (unpaired) electrons. The van der Waals surface area contributed by atoms with Crippen LogP contribution in [-0.2, 0) is 9.59 Å². The first-order valence-corrected chi connectivity index (χ1v) is 5.81. The lowest BCUT2D eigenvalue weighted by Crippen LogP contribution is -2.49. The van der Waals surface area contributed by atoms with Crippen LogP contribution >= 0.6 is 0 Å². The Kier molecular flexibility index (Phi) is 3.89. The van der Waals surface area contributed by atoms with Gasteiger partial charge in [-0.25, -0.2) is 0 Å². The third-order valence-corrected chi connectivity index (χ3v) is 3.54. The molecule has 1 aliphatic heterocycles. The molecule has 1 aliphatic rings. The Bertz CT molecular complexity index is 260. The van der Waals surface area contributed by atoms with Gasteiger partial charge in [-0.1, -0.05) is 34.1 Å². The molecule has 2 amide bonds. The van der Waals surface area contributed by atoms with Gasteiger partial charge in [0.2, 0.25) is 11.8 Å². The highest BCUT2D eigenvalue weighted by molar-refractivity contribution is 5.99. The van der Waals surface area contributed by atoms with E-state index in [1.807, 2.05) is 0 Å². The summed E-state index contributed by atoms with van der Waals surface area (Å²) < 4.78 is 0. The van der Waals surface area contributed by atoms with Crippen molar-refractivity contribution in [1.29, 1.82) is 0 Å². The molecule has 3 nitrogen and oxygen atoms in total. The fourth-order valence-electron chi connectivity index (χ4n) is 2.46. The maximum Gasteiger partial charge on any atom is 0.230 e. The second-order valence-electron chi connectivity index (χ2n) is 4.94. The van der Waals surface area contributed by atoms with Crippen molar-refractivity contribution in [2.24, 2.45) is 23.7 Å². The van der Waals surface area contributed by atoms with Crippen molar-refractivity contribution in [3.63, 3.8) is 0 Å². The van der Waals surface area contributed by atoms with E-state index in [0.717, 1.165) is 6.42 Å². The Morgan fingerprint density at radius 2 is 1.93 bits per heavy atom. The van der Waals surface area contributed by atoms with Crippen molar-refractivity contribution in [3.8, 4) is 0 Å². The van der Waals surface area contributed by atoms with E-state index in [9.17, 15) is 9.59 Å². The lowest BCUT2D eigenvalue weighted by atomic mass is 9.71. The summed E-state index contributed by atoms with van der Waals surface area (Å²) in [6.45, 7) is 8.34. The summed E-state index contributed by atoms with van der Waals surface area (Å²) in [7, 11) is 0. The van der Waals surface area contributed by atoms with Gasteiger partial charge in [0.25, 0.3) is 0 Å². The van der Waals surface area contributed by atoms with Crippen LogP contribution in [-0.4, -0.2) is 11.8 Å². The molecule has 0 bridgehead atoms. The van der Waals surface area contributed by atoms with Gasteiger partial charge in [0.15, 0.2) is 0 Å². The number of imide groups is 1. The Morgan fingerprint density at radius 3 is 2.40 bits per heavy atom. The molecule has 15 heavy (non-hydrogen) atoms. The highest BCUT2D eigenvalue weighted by Gasteiger charge is 2.39. The van der Waals surface area contributed by atoms with Crippen molar-refractivity contribution in [2.75, 3.05) is 0 Å². The molecule has 1 rings (SSSR count). The molecule has 0 aromatic rings. The van der Waals surface area contributed by atoms with E-state index in [-0.39, 0.29) is 23.7 Å². The highest BCUT2D eigenvalue weighted by atomic mass is 16.2. The van der Waals surface area contributed by atoms with Crippen molar-refractivity contribution in [1.82, 2.24) is 5.32 Å². The summed E-state index contributed by atoms with van der Waals surface area (Å²) in [6.07, 6.45) is 1.53. The van der Waals surface area contributed by atoms with E-state index in [1.165, 1.54) is 0 Å². The number of hydrogen-bond acceptors (Lipinski definition) is 2. The van der Waals surface area contributed by atoms with Crippen LogP contribution in [0.2, 0.25) is 0 Å². The van der Waals surface area contributed by atoms with E-state index >= 15 is 0 Å². The van der Waals surface area contributed by atoms with E-state index in [2.05, 4.69) is 33.0 Å². The zero-order valence-electron chi connectivity index (χ0n) is 10.0. The Hall–Kier alpha value is -0.860. The fraction of sp³-hybridized carbons (Fsp3) is 0.833. The summed E-state index contributed by atoms with van der Waals surface area (Å²) in [5.74, 6) is 0.771. The minimum Gasteiger partial charge on any atom is -0.296 e. The molecule has 0 saturated carbocycles. The SMILES string of the molecule is CCC(C)C1CC(=O)NC(=O)C1C(C)C. The van der Waals surface area contributed by atoms with Gasteiger partial charge in [-0.3, -0.25) is 14.9 Å². The smallest absolute Gasteiger partial charge is 0.230 e. The number of carbonyl (C=O) groups excluding carboxylic acids is 2. The Labute approximate surface area is 91.6 Å². The van der Waals surface area contributed by atoms with Crippen molar-refractivity contribution in [2.45, 2.75) is 40.5 Å². The maximum atomic E-state index is 11.7. The number of piperidine rings is 1. The molecule has 1 saturated heterocycles. The molecule has 1 N–H and O–H groups in total. The van der Waals surface area contributed by atoms with Crippen LogP contribution in [0, 0.1) is 23.7 Å². The molecule has 86 valence electrons. The largest absolute Gasteiger partial charge is 0.296 e. The molecular weight excluding hydrogens is 190 g/mol. The second kappa shape index (κ2) is 4.77. The predicted octanol–water partition coefficient (Wildman–Crippen LogP) is 1.97. The molecule has 3 heteroatoms. The van der Waals surface area contributed by atoms with Gasteiger partial charge < -0.3 is 0 Å². The highest BCUT2D eigenvalue weighted by Crippen LogP contribution is 2.34. The lowest BCUT2D eigenvalue weighted by Gasteiger charge is -2.36. The second-order valence-corrected chi connectivity index (χ2v) is 4.94. The van der Waals surface area contributed by atoms with Gasteiger partial charge in [-0.15, -0.1) is 0 Å². The summed E-state index contributed by atoms with van der Waals surface area (Å²) >= 11 is 0. The number of amides is 2. The van der Waals surface area contributed by atoms with E-state index < -0.39 is 0 Å². The quantitative estimate of drug-likeness (QED) is 0.725. The zero-order valence-corrected chi connectivity index (χ0v) is 10.0. The first-order chi connectivity index (χ1) is 6.97. The maximum absolute atomic E-state index is 11.7. The molecule has 0 aromatic carbocycles. The van der Waals surface area contributed by atoms with Gasteiger partial charge in [-0.2, -0.15) is 0 Å². The minimum atomic E-state index is -0.109. The van der Waals surface area contributed by atoms with Crippen LogP contribution in [0.25, 0.3) is 0 Å². The molecule has 0 aliphatic carbocycles. The standard InChI is InChI=1S/C12H21NO2/c1-5-8(4)9-6-10(14)13-12(15)11(9)7(2)3/h7-9,11H,5-6H2,1-4H3,(H,13,14,15). The molecule has 0 aromatic heterocycles. The molecule has 1 heterocycles. The first-order valence-electron chi connectivity index (χ1n) is 5.81. The van der Waals surface area contributed by atoms with Crippen LogP contribution < -0.4 is 5.32 Å². The summed E-state index contributed by atoms with van der Waals surface area (Å²) in [6, 6.07) is 0. The number of rotatable bonds is 3. The van der Waals surface area contributed by atoms with Gasteiger partial charge in [0, 0.05) is 12.3 Å². The van der Waals surface area contributed by atoms with E-state index in [1.54, 1.807) is 0 Å². The third-order valence-electron chi connectivity index (χ3n) is 3.54. The van der Waals surface area contributed by atoms with Gasteiger partial charge in [0.05, 0.1) is 0 Å². The van der Waals surface area contributed by atoms with E-state index in [0.29, 0.717) is 18.3 Å². The summed E-state index contributed by atoms with van der Waals surface area (Å²) in [4.78, 5) is 23.1. The molecule has 3 atom stereocenters. The lowest BCUT2D eigenvalue weighted by molar-refractivity contribution is -0.141. The average Bonchev–Trinajstić information content (AvgIpc) is 2.14. The van der Waals surface area contributed by atoms with Crippen LogP contribution in [0.15, 0.2) is 0 Å². The monoisotopic (exact) mass is 211 g/mol. The third kappa shape index (κ3) is 2.58. The zero-order chi connectivity index (χ0) is 11.6. The molecular formula is C12H21NO2. The summed E-state index contributed by atoms with van der Waals surface area (Å²) in [5, 5.41) is 2.44. The van der Waals surface area contributed by atoms with Crippen LogP contribution in [0.1, 0.15) is 40.5 Å². The topological polar surface area (TPSA) is 46.2 Å². The van der Waals surface area contributed by atoms with Gasteiger partial charge >= 0.3 is 0 Å². The van der Waals surface area contributed by atoms with E-state index in [4.69, 9.17) is 0 Å². The number of hydrogen-bond donors (Lipinski definition) is 1. The Morgan fingerprint density at radius 1 is 1.33 bits per heavy atom. The molecule has 1 fully saturated rings. The van der Waals surface area contributed by atoms with Crippen molar-refractivity contribution < 1.29 is 9.59 Å². The van der Waals surface area contributed by atoms with Crippen LogP contribution in [0.3, 0.4) is 0 Å². The first kappa shape index (κ1) is 12.2. The Balaban J connectivity index is 2.87. The van der Waals surface area contributed by atoms with Gasteiger partial charge in [-0.05, 0) is 17.8 Å². The summed E-state index contributed by atoms with van der Waals surface area (Å²) in [5.41, 5.74) is 0. The molecule has 3 unspecified atom stereocenters. The number of nitrogens with one attached hydrogen (secondary N) is 1. The average molecular weight is 211 g/mol. The fourth-order valence-corrected chi connectivity index (χ4v) is 2.46. The van der Waals surface area contributed by atoms with Crippen molar-refractivity contribution in [3.05, 3.63) is 0 Å². The van der Waals surface area contributed by atoms with Crippen molar-refractivity contribution >= 4 is 11.8 Å². The minimum absolute atomic E-state index is 0.00218. The normalized spacial score (nSPS) is 29.1. The van der Waals surface area contributed by atoms with Crippen LogP contribution in [0.4, 0.5) is 0 Å². The number of carbonyl (C=O) groups is 2. The molecule has 0 spiro atoms. The predicted molar refractivity (Wildman–Crippen MR) is 59.0 cm³/mol. The van der Waals surface area contributed by atoms with Gasteiger partial charge in [0.1, 0.15) is 0 Å². The van der Waals surface area contributed by atoms with Crippen LogP contribution in [0.5, 0.6) is 0 Å².